The molecule has 6 heteroatoms. The molecule has 0 aliphatic heterocycles. The first-order valence-corrected chi connectivity index (χ1v) is 4.37. The number of nitrogens with zero attached hydrogens (tertiary/aromatic N) is 3. The third kappa shape index (κ3) is 3.25. The molecule has 0 spiro atoms. The minimum absolute atomic E-state index is 0.0268. The number of halogens is 1. The summed E-state index contributed by atoms with van der Waals surface area (Å²) in [7, 11) is 3.68. The van der Waals surface area contributed by atoms with Crippen LogP contribution in [0.3, 0.4) is 0 Å². The van der Waals surface area contributed by atoms with Gasteiger partial charge in [-0.1, -0.05) is 5.18 Å². The first-order valence-electron chi connectivity index (χ1n) is 4.37. The van der Waals surface area contributed by atoms with Gasteiger partial charge in [-0.05, 0) is 16.7 Å². The second-order valence-corrected chi connectivity index (χ2v) is 3.24. The van der Waals surface area contributed by atoms with Crippen molar-refractivity contribution < 1.29 is 9.47 Å². The maximum absolute atomic E-state index is 11.7. The van der Waals surface area contributed by atoms with Crippen LogP contribution in [0.15, 0.2) is 17.3 Å². The van der Waals surface area contributed by atoms with Crippen molar-refractivity contribution >= 4 is 5.69 Å². The maximum atomic E-state index is 11.7. The monoisotopic (exact) mass is 213 g/mol. The van der Waals surface area contributed by atoms with Gasteiger partial charge in [0, 0.05) is 19.8 Å². The minimum Gasteiger partial charge on any atom is -0.378 e. The predicted molar refractivity (Wildman–Crippen MR) is 54.0 cm³/mol. The summed E-state index contributed by atoms with van der Waals surface area (Å²) in [5.74, 6) is 0. The highest BCUT2D eigenvalue weighted by molar-refractivity contribution is 5.46. The highest BCUT2D eigenvalue weighted by atomic mass is 19.3. The summed E-state index contributed by atoms with van der Waals surface area (Å²) in [4.78, 5) is 19.5. The molecular formula is C9H12FN3O2. The molecule has 0 aromatic carbocycles. The van der Waals surface area contributed by atoms with Gasteiger partial charge in [-0.15, -0.1) is 0 Å². The Bertz CT molecular complexity index is 344. The summed E-state index contributed by atoms with van der Waals surface area (Å²) in [6, 6.07) is 3.41. The molecule has 1 heterocycles. The van der Waals surface area contributed by atoms with Crippen molar-refractivity contribution in [2.75, 3.05) is 19.0 Å². The number of hydrogen-bond donors (Lipinski definition) is 0. The minimum atomic E-state index is -0.229. The van der Waals surface area contributed by atoms with Gasteiger partial charge in [0.2, 0.25) is 0 Å². The van der Waals surface area contributed by atoms with Gasteiger partial charge < -0.3 is 4.90 Å². The van der Waals surface area contributed by atoms with Gasteiger partial charge in [-0.25, -0.2) is 0 Å². The molecule has 0 saturated carbocycles. The molecule has 5 nitrogen and oxygen atoms in total. The van der Waals surface area contributed by atoms with E-state index in [1.165, 1.54) is 0 Å². The van der Waals surface area contributed by atoms with Crippen LogP contribution in [0, 0.1) is 4.91 Å². The van der Waals surface area contributed by atoms with Crippen molar-refractivity contribution in [3.63, 3.8) is 0 Å². The molecule has 0 aliphatic carbocycles. The number of hydrogen-bond acceptors (Lipinski definition) is 5. The van der Waals surface area contributed by atoms with Gasteiger partial charge in [-0.3, -0.25) is 4.98 Å². The van der Waals surface area contributed by atoms with Crippen LogP contribution in [0.1, 0.15) is 11.4 Å². The number of anilines is 1. The van der Waals surface area contributed by atoms with Crippen molar-refractivity contribution in [1.82, 2.24) is 4.98 Å². The van der Waals surface area contributed by atoms with E-state index in [1.54, 1.807) is 12.1 Å². The summed E-state index contributed by atoms with van der Waals surface area (Å²) in [6.07, 6.45) is 0. The SMILES string of the molecule is CN(C)c1cc(CN=O)nc(COF)c1. The van der Waals surface area contributed by atoms with Crippen LogP contribution < -0.4 is 4.90 Å². The normalized spacial score (nSPS) is 10.1. The molecule has 0 atom stereocenters. The Balaban J connectivity index is 3.02. The molecule has 0 aliphatic rings. The topological polar surface area (TPSA) is 54.8 Å². The van der Waals surface area contributed by atoms with Gasteiger partial charge in [0.05, 0.1) is 11.4 Å². The van der Waals surface area contributed by atoms with E-state index < -0.39 is 0 Å². The summed E-state index contributed by atoms with van der Waals surface area (Å²) in [5, 5.41) is 2.74. The zero-order chi connectivity index (χ0) is 11.3. The van der Waals surface area contributed by atoms with E-state index in [1.807, 2.05) is 19.0 Å². The lowest BCUT2D eigenvalue weighted by Crippen LogP contribution is -2.10. The third-order valence-electron chi connectivity index (χ3n) is 1.86. The first kappa shape index (κ1) is 11.5. The standard InChI is InChI=1S/C9H12FN3O2/c1-13(2)9-3-7(5-11-14)12-8(4-9)6-15-10/h3-4H,5-6H2,1-2H3. The molecule has 0 amide bonds. The number of rotatable bonds is 5. The Labute approximate surface area is 86.7 Å². The Hall–Kier alpha value is -1.56. The van der Waals surface area contributed by atoms with Gasteiger partial charge in [0.1, 0.15) is 13.2 Å². The van der Waals surface area contributed by atoms with E-state index in [4.69, 9.17) is 0 Å². The molecule has 0 fully saturated rings. The largest absolute Gasteiger partial charge is 0.378 e. The molecule has 0 unspecified atom stereocenters. The van der Waals surface area contributed by atoms with E-state index in [0.29, 0.717) is 11.4 Å². The molecular weight excluding hydrogens is 201 g/mol. The van der Waals surface area contributed by atoms with E-state index in [2.05, 4.69) is 15.1 Å². The van der Waals surface area contributed by atoms with Crippen molar-refractivity contribution in [1.29, 1.82) is 0 Å². The lowest BCUT2D eigenvalue weighted by molar-refractivity contribution is -0.145. The van der Waals surface area contributed by atoms with Crippen LogP contribution in [0.5, 0.6) is 0 Å². The maximum Gasteiger partial charge on any atom is 0.130 e. The fourth-order valence-electron chi connectivity index (χ4n) is 1.17. The predicted octanol–water partition coefficient (Wildman–Crippen LogP) is 1.82. The van der Waals surface area contributed by atoms with Crippen molar-refractivity contribution in [2.24, 2.45) is 5.18 Å². The van der Waals surface area contributed by atoms with Gasteiger partial charge in [0.15, 0.2) is 0 Å². The lowest BCUT2D eigenvalue weighted by atomic mass is 10.2. The van der Waals surface area contributed by atoms with Crippen LogP contribution >= 0.6 is 0 Å². The molecule has 82 valence electrons. The van der Waals surface area contributed by atoms with Gasteiger partial charge in [0.25, 0.3) is 0 Å². The van der Waals surface area contributed by atoms with Crippen LogP contribution in [-0.4, -0.2) is 19.1 Å². The molecule has 0 N–H and O–H groups in total. The number of pyridine rings is 1. The molecule has 15 heavy (non-hydrogen) atoms. The fourth-order valence-corrected chi connectivity index (χ4v) is 1.17. The van der Waals surface area contributed by atoms with Gasteiger partial charge in [-0.2, -0.15) is 9.85 Å². The molecule has 0 saturated heterocycles. The van der Waals surface area contributed by atoms with Crippen LogP contribution in [-0.2, 0) is 18.1 Å². The summed E-state index contributed by atoms with van der Waals surface area (Å²) in [6.45, 7) is -0.255. The Morgan fingerprint density at radius 2 is 2.13 bits per heavy atom. The van der Waals surface area contributed by atoms with Crippen molar-refractivity contribution in [3.05, 3.63) is 28.4 Å². The van der Waals surface area contributed by atoms with Crippen LogP contribution in [0.25, 0.3) is 0 Å². The van der Waals surface area contributed by atoms with Crippen molar-refractivity contribution in [2.45, 2.75) is 13.2 Å². The van der Waals surface area contributed by atoms with E-state index in [-0.39, 0.29) is 13.2 Å². The van der Waals surface area contributed by atoms with Crippen LogP contribution in [0.2, 0.25) is 0 Å². The fraction of sp³-hybridized carbons (Fsp3) is 0.444. The molecule has 0 bridgehead atoms. The third-order valence-corrected chi connectivity index (χ3v) is 1.86. The summed E-state index contributed by atoms with van der Waals surface area (Å²) in [5.41, 5.74) is 1.77. The van der Waals surface area contributed by atoms with Gasteiger partial charge >= 0.3 is 0 Å². The average Bonchev–Trinajstić information content (AvgIpc) is 2.18. The lowest BCUT2D eigenvalue weighted by Gasteiger charge is -2.14. The van der Waals surface area contributed by atoms with E-state index >= 15 is 0 Å². The zero-order valence-electron chi connectivity index (χ0n) is 8.61. The quantitative estimate of drug-likeness (QED) is 0.700. The highest BCUT2D eigenvalue weighted by Gasteiger charge is 2.05. The molecule has 1 aromatic heterocycles. The molecule has 0 radical (unpaired) electrons. The Kier molecular flexibility index (Phi) is 4.11. The molecule has 1 rings (SSSR count). The second kappa shape index (κ2) is 5.35. The van der Waals surface area contributed by atoms with E-state index in [0.717, 1.165) is 5.69 Å². The number of nitroso groups, excluding NO2 is 1. The summed E-state index contributed by atoms with van der Waals surface area (Å²) < 4.78 is 11.7. The number of aromatic nitrogens is 1. The molecule has 1 aromatic rings. The van der Waals surface area contributed by atoms with E-state index in [9.17, 15) is 9.43 Å². The highest BCUT2D eigenvalue weighted by Crippen LogP contribution is 2.15. The smallest absolute Gasteiger partial charge is 0.130 e. The van der Waals surface area contributed by atoms with Crippen molar-refractivity contribution in [3.8, 4) is 0 Å². The zero-order valence-corrected chi connectivity index (χ0v) is 8.61. The summed E-state index contributed by atoms with van der Waals surface area (Å²) >= 11 is 0. The van der Waals surface area contributed by atoms with Crippen LogP contribution in [0.4, 0.5) is 10.2 Å². The average molecular weight is 213 g/mol. The Morgan fingerprint density at radius 3 is 2.67 bits per heavy atom. The second-order valence-electron chi connectivity index (χ2n) is 3.24. The first-order chi connectivity index (χ1) is 7.17. The Morgan fingerprint density at radius 1 is 1.47 bits per heavy atom.